The van der Waals surface area contributed by atoms with Gasteiger partial charge in [0.15, 0.2) is 0 Å². The Morgan fingerprint density at radius 3 is 2.42 bits per heavy atom. The number of hydrogen-bond donors (Lipinski definition) is 1. The van der Waals surface area contributed by atoms with Gasteiger partial charge in [0.2, 0.25) is 0 Å². The molecule has 0 bridgehead atoms. The van der Waals surface area contributed by atoms with Gasteiger partial charge in [-0.2, -0.15) is 0 Å². The quantitative estimate of drug-likeness (QED) is 0.645. The van der Waals surface area contributed by atoms with Crippen molar-refractivity contribution >= 4 is 6.08 Å². The van der Waals surface area contributed by atoms with Crippen LogP contribution in [0.5, 0.6) is 0 Å². The van der Waals surface area contributed by atoms with Crippen molar-refractivity contribution in [3.63, 3.8) is 0 Å². The van der Waals surface area contributed by atoms with E-state index in [-0.39, 0.29) is 5.54 Å². The van der Waals surface area contributed by atoms with Gasteiger partial charge in [-0.3, -0.25) is 0 Å². The van der Waals surface area contributed by atoms with Crippen molar-refractivity contribution in [2.45, 2.75) is 44.1 Å². The number of ether oxygens (including phenoxy) is 1. The van der Waals surface area contributed by atoms with E-state index in [0.717, 1.165) is 12.8 Å². The number of rotatable bonds is 5. The predicted octanol–water partition coefficient (Wildman–Crippen LogP) is 3.77. The molecule has 1 fully saturated rings. The van der Waals surface area contributed by atoms with Crippen LogP contribution in [0.25, 0.3) is 6.08 Å². The van der Waals surface area contributed by atoms with Crippen LogP contribution in [0.4, 0.5) is 0 Å². The van der Waals surface area contributed by atoms with Gasteiger partial charge in [-0.25, -0.2) is 0 Å². The molecule has 1 aromatic rings. The fourth-order valence-corrected chi connectivity index (χ4v) is 2.66. The molecule has 1 saturated carbocycles. The Kier molecular flexibility index (Phi) is 5.62. The average molecular weight is 259 g/mol. The predicted molar refractivity (Wildman–Crippen MR) is 80.9 cm³/mol. The molecule has 0 aromatic heterocycles. The van der Waals surface area contributed by atoms with Crippen LogP contribution in [-0.2, 0) is 4.74 Å². The fourth-order valence-electron chi connectivity index (χ4n) is 2.66. The Balaban J connectivity index is 1.70. The van der Waals surface area contributed by atoms with Gasteiger partial charge in [0.05, 0.1) is 13.2 Å². The zero-order valence-corrected chi connectivity index (χ0v) is 11.7. The second-order valence-corrected chi connectivity index (χ2v) is 5.60. The lowest BCUT2D eigenvalue weighted by Crippen LogP contribution is -2.44. The highest BCUT2D eigenvalue weighted by Gasteiger charge is 2.25. The van der Waals surface area contributed by atoms with Crippen LogP contribution in [0.1, 0.15) is 44.1 Å². The van der Waals surface area contributed by atoms with Gasteiger partial charge in [-0.05, 0) is 18.4 Å². The molecule has 0 saturated heterocycles. The molecule has 2 N–H and O–H groups in total. The van der Waals surface area contributed by atoms with E-state index in [2.05, 4.69) is 24.3 Å². The van der Waals surface area contributed by atoms with Gasteiger partial charge in [-0.1, -0.05) is 68.2 Å². The van der Waals surface area contributed by atoms with E-state index in [0.29, 0.717) is 13.2 Å². The summed E-state index contributed by atoms with van der Waals surface area (Å²) in [5, 5.41) is 0. The molecule has 0 aliphatic heterocycles. The zero-order valence-electron chi connectivity index (χ0n) is 11.7. The van der Waals surface area contributed by atoms with Gasteiger partial charge >= 0.3 is 0 Å². The smallest absolute Gasteiger partial charge is 0.0651 e. The summed E-state index contributed by atoms with van der Waals surface area (Å²) in [6.07, 6.45) is 11.5. The maximum Gasteiger partial charge on any atom is 0.0651 e. The molecule has 0 atom stereocenters. The van der Waals surface area contributed by atoms with Crippen molar-refractivity contribution in [3.05, 3.63) is 42.0 Å². The van der Waals surface area contributed by atoms with Gasteiger partial charge in [0.1, 0.15) is 0 Å². The van der Waals surface area contributed by atoms with Gasteiger partial charge in [-0.15, -0.1) is 0 Å². The molecule has 1 aromatic carbocycles. The van der Waals surface area contributed by atoms with Crippen LogP contribution in [0.15, 0.2) is 36.4 Å². The fraction of sp³-hybridized carbons (Fsp3) is 0.529. The summed E-state index contributed by atoms with van der Waals surface area (Å²) in [6.45, 7) is 1.33. The molecule has 0 amide bonds. The van der Waals surface area contributed by atoms with E-state index in [1.807, 2.05) is 18.2 Å². The Labute approximate surface area is 116 Å². The zero-order chi connectivity index (χ0) is 13.4. The van der Waals surface area contributed by atoms with Crippen molar-refractivity contribution in [1.82, 2.24) is 0 Å². The van der Waals surface area contributed by atoms with Crippen molar-refractivity contribution < 1.29 is 4.74 Å². The number of hydrogen-bond acceptors (Lipinski definition) is 2. The molecule has 1 aliphatic rings. The first-order chi connectivity index (χ1) is 9.29. The number of benzene rings is 1. The second kappa shape index (κ2) is 7.46. The van der Waals surface area contributed by atoms with Crippen LogP contribution in [0.2, 0.25) is 0 Å². The molecule has 0 heterocycles. The highest BCUT2D eigenvalue weighted by Crippen LogP contribution is 2.25. The minimum atomic E-state index is -0.0862. The molecule has 2 rings (SSSR count). The maximum atomic E-state index is 6.40. The van der Waals surface area contributed by atoms with Crippen molar-refractivity contribution in [2.24, 2.45) is 5.73 Å². The Hall–Kier alpha value is -1.12. The topological polar surface area (TPSA) is 35.2 Å². The van der Waals surface area contributed by atoms with E-state index in [1.54, 1.807) is 0 Å². The average Bonchev–Trinajstić information content (AvgIpc) is 2.65. The first-order valence-corrected chi connectivity index (χ1v) is 7.37. The van der Waals surface area contributed by atoms with E-state index < -0.39 is 0 Å². The third-order valence-electron chi connectivity index (χ3n) is 3.81. The molecular weight excluding hydrogens is 234 g/mol. The maximum absolute atomic E-state index is 6.40. The van der Waals surface area contributed by atoms with Crippen LogP contribution < -0.4 is 5.73 Å². The summed E-state index contributed by atoms with van der Waals surface area (Å²) in [6, 6.07) is 10.3. The lowest BCUT2D eigenvalue weighted by atomic mass is 9.93. The normalized spacial score (nSPS) is 19.4. The lowest BCUT2D eigenvalue weighted by Gasteiger charge is -2.27. The summed E-state index contributed by atoms with van der Waals surface area (Å²) in [5.41, 5.74) is 7.53. The molecule has 0 radical (unpaired) electrons. The van der Waals surface area contributed by atoms with Crippen LogP contribution in [-0.4, -0.2) is 18.8 Å². The van der Waals surface area contributed by atoms with Gasteiger partial charge in [0, 0.05) is 5.54 Å². The third kappa shape index (κ3) is 5.17. The first-order valence-electron chi connectivity index (χ1n) is 7.37. The minimum absolute atomic E-state index is 0.0862. The summed E-state index contributed by atoms with van der Waals surface area (Å²) in [7, 11) is 0. The molecular formula is C17H25NO. The van der Waals surface area contributed by atoms with Crippen LogP contribution >= 0.6 is 0 Å². The Morgan fingerprint density at radius 1 is 1.05 bits per heavy atom. The van der Waals surface area contributed by atoms with Crippen LogP contribution in [0.3, 0.4) is 0 Å². The monoisotopic (exact) mass is 259 g/mol. The number of nitrogens with two attached hydrogens (primary N) is 1. The molecule has 0 unspecified atom stereocenters. The summed E-state index contributed by atoms with van der Waals surface area (Å²) >= 11 is 0. The van der Waals surface area contributed by atoms with E-state index in [4.69, 9.17) is 10.5 Å². The molecule has 0 spiro atoms. The minimum Gasteiger partial charge on any atom is -0.375 e. The van der Waals surface area contributed by atoms with E-state index >= 15 is 0 Å². The van der Waals surface area contributed by atoms with Crippen molar-refractivity contribution in [2.75, 3.05) is 13.2 Å². The van der Waals surface area contributed by atoms with Crippen molar-refractivity contribution in [1.29, 1.82) is 0 Å². The van der Waals surface area contributed by atoms with E-state index in [9.17, 15) is 0 Å². The first kappa shape index (κ1) is 14.3. The largest absolute Gasteiger partial charge is 0.375 e. The Bertz CT molecular complexity index is 378. The summed E-state index contributed by atoms with van der Waals surface area (Å²) in [5.74, 6) is 0. The highest BCUT2D eigenvalue weighted by molar-refractivity contribution is 5.48. The van der Waals surface area contributed by atoms with Gasteiger partial charge < -0.3 is 10.5 Å². The Morgan fingerprint density at radius 2 is 1.74 bits per heavy atom. The molecule has 1 aliphatic carbocycles. The highest BCUT2D eigenvalue weighted by atomic mass is 16.5. The molecule has 2 heteroatoms. The molecule has 19 heavy (non-hydrogen) atoms. The van der Waals surface area contributed by atoms with E-state index in [1.165, 1.54) is 31.2 Å². The standard InChI is InChI=1S/C17H25NO/c18-17(12-6-1-2-7-13-17)15-19-14-8-11-16-9-4-3-5-10-16/h3-5,8-11H,1-2,6-7,12-15,18H2. The molecule has 2 nitrogen and oxygen atoms in total. The summed E-state index contributed by atoms with van der Waals surface area (Å²) < 4.78 is 5.74. The van der Waals surface area contributed by atoms with Crippen LogP contribution in [0, 0.1) is 0 Å². The van der Waals surface area contributed by atoms with Crippen molar-refractivity contribution in [3.8, 4) is 0 Å². The SMILES string of the molecule is NC1(COCC=Cc2ccccc2)CCCCCC1. The third-order valence-corrected chi connectivity index (χ3v) is 3.81. The molecule has 104 valence electrons. The summed E-state index contributed by atoms with van der Waals surface area (Å²) in [4.78, 5) is 0. The second-order valence-electron chi connectivity index (χ2n) is 5.60. The lowest BCUT2D eigenvalue weighted by molar-refractivity contribution is 0.0978. The van der Waals surface area contributed by atoms with Gasteiger partial charge in [0.25, 0.3) is 0 Å².